The van der Waals surface area contributed by atoms with E-state index in [1.165, 1.54) is 11.1 Å². The summed E-state index contributed by atoms with van der Waals surface area (Å²) < 4.78 is 2.88. The van der Waals surface area contributed by atoms with Crippen molar-refractivity contribution >= 4 is 26.8 Å². The molecule has 18 heavy (non-hydrogen) atoms. The van der Waals surface area contributed by atoms with Gasteiger partial charge in [-0.15, -0.1) is 0 Å². The van der Waals surface area contributed by atoms with Crippen LogP contribution in [-0.4, -0.2) is 14.8 Å². The molecule has 0 aliphatic rings. The number of benzene rings is 1. The normalized spacial score (nSPS) is 11.1. The number of nitrogens with zero attached hydrogens (tertiary/aromatic N) is 3. The number of aryl methyl sites for hydroxylation is 2. The molecule has 0 saturated carbocycles. The molecule has 0 saturated heterocycles. The zero-order chi connectivity index (χ0) is 12.7. The zero-order valence-electron chi connectivity index (χ0n) is 10.2. The number of rotatable bonds is 1. The third kappa shape index (κ3) is 1.73. The van der Waals surface area contributed by atoms with Crippen molar-refractivity contribution in [1.82, 2.24) is 14.8 Å². The van der Waals surface area contributed by atoms with Crippen molar-refractivity contribution in [1.29, 1.82) is 0 Å². The van der Waals surface area contributed by atoms with E-state index in [9.17, 15) is 0 Å². The van der Waals surface area contributed by atoms with Gasteiger partial charge >= 0.3 is 0 Å². The molecule has 3 nitrogen and oxygen atoms in total. The Kier molecular flexibility index (Phi) is 2.67. The van der Waals surface area contributed by atoms with E-state index in [4.69, 9.17) is 0 Å². The Morgan fingerprint density at radius 1 is 1.06 bits per heavy atom. The van der Waals surface area contributed by atoms with Crippen LogP contribution < -0.4 is 0 Å². The Labute approximate surface area is 114 Å². The largest absolute Gasteiger partial charge is 0.261 e. The van der Waals surface area contributed by atoms with Gasteiger partial charge in [-0.1, -0.05) is 6.07 Å². The Hall–Kier alpha value is -1.68. The lowest BCUT2D eigenvalue weighted by atomic mass is 10.1. The van der Waals surface area contributed by atoms with E-state index in [-0.39, 0.29) is 0 Å². The predicted octanol–water partition coefficient (Wildman–Crippen LogP) is 3.80. The highest BCUT2D eigenvalue weighted by molar-refractivity contribution is 9.10. The molecule has 0 atom stereocenters. The zero-order valence-corrected chi connectivity index (χ0v) is 11.8. The van der Waals surface area contributed by atoms with E-state index in [0.717, 1.165) is 21.1 Å². The first-order chi connectivity index (χ1) is 8.66. The number of hydrogen-bond donors (Lipinski definition) is 0. The fraction of sp³-hybridized carbons (Fsp3) is 0.143. The van der Waals surface area contributed by atoms with Gasteiger partial charge in [-0.25, -0.2) is 4.68 Å². The van der Waals surface area contributed by atoms with Crippen molar-refractivity contribution in [3.05, 3.63) is 52.4 Å². The Morgan fingerprint density at radius 3 is 2.67 bits per heavy atom. The predicted molar refractivity (Wildman–Crippen MR) is 76.0 cm³/mol. The van der Waals surface area contributed by atoms with Crippen molar-refractivity contribution in [3.8, 4) is 5.69 Å². The molecular weight excluding hydrogens is 290 g/mol. The van der Waals surface area contributed by atoms with E-state index in [2.05, 4.69) is 58.1 Å². The minimum atomic E-state index is 0.968. The van der Waals surface area contributed by atoms with Crippen LogP contribution >= 0.6 is 15.9 Å². The maximum absolute atomic E-state index is 4.44. The molecule has 3 aromatic rings. The van der Waals surface area contributed by atoms with Gasteiger partial charge in [-0.2, -0.15) is 5.10 Å². The van der Waals surface area contributed by atoms with Gasteiger partial charge in [0.2, 0.25) is 0 Å². The number of hydrogen-bond acceptors (Lipinski definition) is 2. The van der Waals surface area contributed by atoms with E-state index in [0.29, 0.717) is 0 Å². The topological polar surface area (TPSA) is 30.7 Å². The standard InChI is InChI=1S/C14H12BrN3/c1-9-3-4-11(5-10(9)2)18-14-8-16-7-13(15)12(14)6-17-18/h3-8H,1-2H3. The van der Waals surface area contributed by atoms with Crippen molar-refractivity contribution in [2.75, 3.05) is 0 Å². The molecule has 0 unspecified atom stereocenters. The molecule has 2 heterocycles. The molecule has 0 spiro atoms. The highest BCUT2D eigenvalue weighted by Crippen LogP contribution is 2.24. The SMILES string of the molecule is Cc1ccc(-n2ncc3c(Br)cncc32)cc1C. The summed E-state index contributed by atoms with van der Waals surface area (Å²) in [6.07, 6.45) is 5.48. The molecule has 0 amide bonds. The third-order valence-electron chi connectivity index (χ3n) is 3.18. The van der Waals surface area contributed by atoms with Gasteiger partial charge < -0.3 is 0 Å². The van der Waals surface area contributed by atoms with Crippen LogP contribution in [0.2, 0.25) is 0 Å². The molecule has 0 bridgehead atoms. The molecule has 3 rings (SSSR count). The fourth-order valence-electron chi connectivity index (χ4n) is 1.97. The van der Waals surface area contributed by atoms with Gasteiger partial charge in [-0.3, -0.25) is 4.98 Å². The van der Waals surface area contributed by atoms with Crippen molar-refractivity contribution < 1.29 is 0 Å². The molecule has 0 aliphatic heterocycles. The first kappa shape index (κ1) is 11.4. The van der Waals surface area contributed by atoms with Crippen LogP contribution in [0.15, 0.2) is 41.3 Å². The van der Waals surface area contributed by atoms with Crippen LogP contribution in [0.3, 0.4) is 0 Å². The van der Waals surface area contributed by atoms with E-state index in [1.54, 1.807) is 6.20 Å². The monoisotopic (exact) mass is 301 g/mol. The number of aromatic nitrogens is 3. The van der Waals surface area contributed by atoms with Crippen molar-refractivity contribution in [3.63, 3.8) is 0 Å². The van der Waals surface area contributed by atoms with Crippen LogP contribution in [-0.2, 0) is 0 Å². The molecule has 1 aromatic carbocycles. The average Bonchev–Trinajstić information content (AvgIpc) is 2.78. The average molecular weight is 302 g/mol. The maximum Gasteiger partial charge on any atom is 0.0935 e. The second-order valence-electron chi connectivity index (χ2n) is 4.38. The number of halogens is 1. The van der Waals surface area contributed by atoms with Gasteiger partial charge in [-0.05, 0) is 53.0 Å². The second-order valence-corrected chi connectivity index (χ2v) is 5.23. The second kappa shape index (κ2) is 4.21. The van der Waals surface area contributed by atoms with E-state index < -0.39 is 0 Å². The highest BCUT2D eigenvalue weighted by Gasteiger charge is 2.08. The summed E-state index contributed by atoms with van der Waals surface area (Å²) in [6.45, 7) is 4.22. The van der Waals surface area contributed by atoms with Crippen LogP contribution in [0.5, 0.6) is 0 Å². The summed E-state index contributed by atoms with van der Waals surface area (Å²) >= 11 is 3.49. The summed E-state index contributed by atoms with van der Waals surface area (Å²) in [5, 5.41) is 5.52. The summed E-state index contributed by atoms with van der Waals surface area (Å²) in [7, 11) is 0. The third-order valence-corrected chi connectivity index (χ3v) is 3.82. The first-order valence-corrected chi connectivity index (χ1v) is 6.51. The molecule has 4 heteroatoms. The molecule has 2 aromatic heterocycles. The van der Waals surface area contributed by atoms with E-state index in [1.807, 2.05) is 17.1 Å². The first-order valence-electron chi connectivity index (χ1n) is 5.71. The Bertz CT molecular complexity index is 731. The number of pyridine rings is 1. The quantitative estimate of drug-likeness (QED) is 0.684. The van der Waals surface area contributed by atoms with Crippen LogP contribution in [0, 0.1) is 13.8 Å². The lowest BCUT2D eigenvalue weighted by Crippen LogP contribution is -1.97. The molecule has 0 fully saturated rings. The van der Waals surface area contributed by atoms with Gasteiger partial charge in [0, 0.05) is 16.1 Å². The van der Waals surface area contributed by atoms with Crippen LogP contribution in [0.4, 0.5) is 0 Å². The smallest absolute Gasteiger partial charge is 0.0935 e. The summed E-state index contributed by atoms with van der Waals surface area (Å²) in [6, 6.07) is 6.34. The molecular formula is C14H12BrN3. The summed E-state index contributed by atoms with van der Waals surface area (Å²) in [4.78, 5) is 4.20. The van der Waals surface area contributed by atoms with Crippen LogP contribution in [0.25, 0.3) is 16.6 Å². The number of fused-ring (bicyclic) bond motifs is 1. The summed E-state index contributed by atoms with van der Waals surface area (Å²) in [5.74, 6) is 0. The van der Waals surface area contributed by atoms with E-state index >= 15 is 0 Å². The minimum absolute atomic E-state index is 0.968. The lowest BCUT2D eigenvalue weighted by molar-refractivity contribution is 0.906. The van der Waals surface area contributed by atoms with Crippen molar-refractivity contribution in [2.24, 2.45) is 0 Å². The molecule has 0 aliphatic carbocycles. The van der Waals surface area contributed by atoms with Gasteiger partial charge in [0.25, 0.3) is 0 Å². The van der Waals surface area contributed by atoms with Crippen molar-refractivity contribution in [2.45, 2.75) is 13.8 Å². The van der Waals surface area contributed by atoms with Gasteiger partial charge in [0.1, 0.15) is 0 Å². The fourth-order valence-corrected chi connectivity index (χ4v) is 2.40. The Morgan fingerprint density at radius 2 is 1.89 bits per heavy atom. The van der Waals surface area contributed by atoms with Gasteiger partial charge in [0.05, 0.1) is 23.6 Å². The highest BCUT2D eigenvalue weighted by atomic mass is 79.9. The lowest BCUT2D eigenvalue weighted by Gasteiger charge is -2.06. The molecule has 0 N–H and O–H groups in total. The Balaban J connectivity index is 2.25. The molecule has 90 valence electrons. The molecule has 0 radical (unpaired) electrons. The maximum atomic E-state index is 4.44. The minimum Gasteiger partial charge on any atom is -0.261 e. The van der Waals surface area contributed by atoms with Crippen LogP contribution in [0.1, 0.15) is 11.1 Å². The summed E-state index contributed by atoms with van der Waals surface area (Å²) in [5.41, 5.74) is 4.62. The van der Waals surface area contributed by atoms with Gasteiger partial charge in [0.15, 0.2) is 0 Å².